The number of benzene rings is 6. The molecule has 4 atom stereocenters. The van der Waals surface area contributed by atoms with E-state index in [4.69, 9.17) is 0 Å². The van der Waals surface area contributed by atoms with E-state index in [-0.39, 0.29) is 34.1 Å². The maximum Gasteiger partial charge on any atom is -0.147 e. The SMILES string of the molecule is CC(C)(C)c1ccc(O)c(C(C)(C)C)c1.CC(C)(C)c1ccc(O)c(C(C)(C)C)c1.CC1=Cc2c(C)ccc(C)c2[CH]1[Zr]1([CH]2C(C)=Cc3c(C)ccc(C)c32)[CH2][CH2]1.CC1=Cc2ccccc2[CH]1[Zr]1([CH]2C(C)=Cc3ccccc32)[CH2][CH2]1.Cl. The van der Waals surface area contributed by atoms with Crippen molar-refractivity contribution in [1.29, 1.82) is 0 Å². The van der Waals surface area contributed by atoms with Crippen molar-refractivity contribution in [2.75, 3.05) is 0 Å². The van der Waals surface area contributed by atoms with Gasteiger partial charge in [0.1, 0.15) is 11.5 Å². The van der Waals surface area contributed by atoms with Crippen molar-refractivity contribution >= 4 is 36.7 Å². The summed E-state index contributed by atoms with van der Waals surface area (Å²) in [6.07, 6.45) is 10.0. The second-order valence-corrected chi connectivity index (χ2v) is 52.2. The Morgan fingerprint density at radius 3 is 0.988 bits per heavy atom. The predicted octanol–water partition coefficient (Wildman–Crippen LogP) is 22.2. The third kappa shape index (κ3) is 12.3. The Balaban J connectivity index is 0.000000146. The summed E-state index contributed by atoms with van der Waals surface area (Å²) < 4.78 is 9.41. The van der Waals surface area contributed by atoms with Crippen LogP contribution in [0, 0.1) is 27.7 Å². The number of hydrogen-bond acceptors (Lipinski definition) is 2. The molecule has 0 saturated carbocycles. The van der Waals surface area contributed by atoms with E-state index >= 15 is 0 Å². The summed E-state index contributed by atoms with van der Waals surface area (Å²) >= 11 is -4.65. The summed E-state index contributed by atoms with van der Waals surface area (Å²) in [6, 6.07) is 39.5. The minimum Gasteiger partial charge on any atom is -0.147 e. The van der Waals surface area contributed by atoms with Crippen LogP contribution >= 0.6 is 12.4 Å². The molecule has 2 fully saturated rings. The zero-order valence-corrected chi connectivity index (χ0v) is 58.9. The molecule has 6 aliphatic rings. The van der Waals surface area contributed by atoms with Gasteiger partial charge < -0.3 is 10.2 Å². The molecular weight excluding hydrogens is 1160 g/mol. The van der Waals surface area contributed by atoms with E-state index in [0.717, 1.165) is 25.6 Å². The first-order valence-corrected chi connectivity index (χ1v) is 42.7. The molecule has 4 aliphatic carbocycles. The number of fused-ring (bicyclic) bond motifs is 4. The number of hydrogen-bond donors (Lipinski definition) is 2. The Bertz CT molecular complexity index is 3280. The summed E-state index contributed by atoms with van der Waals surface area (Å²) in [6.45, 7) is 44.8. The summed E-state index contributed by atoms with van der Waals surface area (Å²) in [4.78, 5) is 0. The maximum atomic E-state index is 9.84. The fraction of sp³-hybridized carbons (Fsp3) is 0.421. The van der Waals surface area contributed by atoms with Gasteiger partial charge in [0, 0.05) is 0 Å². The van der Waals surface area contributed by atoms with Gasteiger partial charge in [0.05, 0.1) is 0 Å². The van der Waals surface area contributed by atoms with Crippen molar-refractivity contribution in [3.8, 4) is 11.5 Å². The molecule has 0 amide bonds. The molecule has 2 saturated heterocycles. The van der Waals surface area contributed by atoms with E-state index in [1.807, 2.05) is 12.1 Å². The van der Waals surface area contributed by atoms with E-state index in [1.54, 1.807) is 84.3 Å². The molecule has 428 valence electrons. The first kappa shape index (κ1) is 63.0. The van der Waals surface area contributed by atoms with Gasteiger partial charge >= 0.3 is 313 Å². The normalized spacial score (nSPS) is 20.4. The summed E-state index contributed by atoms with van der Waals surface area (Å²) in [7, 11) is 0. The standard InChI is InChI=1S/2C14H22O.2C12H13.2C10H9.2C2H4.ClH.2Zr/c2*1-13(2,3)10-7-8-12(15)11(9-10)14(4,5)6;2*1-8-6-11-9(2)4-5-10(3)12(11)7-8;2*1-8-6-9-4-2-3-5-10(9)7-8;2*1-2;;;/h2*7-9,15H,1-6H3;2*4-7H,1-3H3;2*2-7H,1H3;2*1-2H2;1H;;. The third-order valence-electron chi connectivity index (χ3n) is 19.3. The molecule has 2 heterocycles. The zero-order valence-electron chi connectivity index (χ0n) is 53.1. The average molecular weight is 1260 g/mol. The van der Waals surface area contributed by atoms with E-state index in [9.17, 15) is 10.2 Å². The van der Waals surface area contributed by atoms with Gasteiger partial charge in [-0.25, -0.2) is 0 Å². The molecule has 0 spiro atoms. The van der Waals surface area contributed by atoms with Crippen LogP contribution in [0.25, 0.3) is 24.3 Å². The molecule has 81 heavy (non-hydrogen) atoms. The van der Waals surface area contributed by atoms with Crippen molar-refractivity contribution in [2.24, 2.45) is 0 Å². The number of allylic oxidation sites excluding steroid dienone is 4. The van der Waals surface area contributed by atoms with Crippen molar-refractivity contribution in [2.45, 2.75) is 191 Å². The largest absolute Gasteiger partial charge is 0.147 e. The van der Waals surface area contributed by atoms with Crippen LogP contribution in [0.15, 0.2) is 131 Å². The number of aryl methyl sites for hydroxylation is 4. The average Bonchev–Trinajstić information content (AvgIpc) is 3.11. The summed E-state index contributed by atoms with van der Waals surface area (Å²) in [5.74, 6) is 0.797. The molecule has 5 heteroatoms. The minimum absolute atomic E-state index is 0. The van der Waals surface area contributed by atoms with Gasteiger partial charge in [-0.15, -0.1) is 12.4 Å². The molecule has 0 aromatic heterocycles. The molecular formula is C76H97ClO2Zr2. The third-order valence-corrected chi connectivity index (χ3v) is 46.1. The molecule has 6 aromatic carbocycles. The van der Waals surface area contributed by atoms with Crippen LogP contribution in [0.5, 0.6) is 11.5 Å². The monoisotopic (exact) mass is 1260 g/mol. The quantitative estimate of drug-likeness (QED) is 0.185. The van der Waals surface area contributed by atoms with E-state index in [1.165, 1.54) is 44.5 Å². The van der Waals surface area contributed by atoms with Crippen LogP contribution in [0.3, 0.4) is 0 Å². The first-order chi connectivity index (χ1) is 37.3. The fourth-order valence-electron chi connectivity index (χ4n) is 14.9. The molecule has 12 rings (SSSR count). The van der Waals surface area contributed by atoms with E-state index in [0.29, 0.717) is 11.5 Å². The number of rotatable bonds is 4. The van der Waals surface area contributed by atoms with Gasteiger partial charge in [0.25, 0.3) is 0 Å². The van der Waals surface area contributed by atoms with Crippen molar-refractivity contribution in [1.82, 2.24) is 0 Å². The van der Waals surface area contributed by atoms with Gasteiger partial charge in [-0.05, 0) is 56.0 Å². The summed E-state index contributed by atoms with van der Waals surface area (Å²) in [5.41, 5.74) is 30.3. The molecule has 6 aromatic rings. The molecule has 2 N–H and O–H groups in total. The zero-order chi connectivity index (χ0) is 58.4. The number of phenols is 2. The van der Waals surface area contributed by atoms with Crippen LogP contribution in [0.2, 0.25) is 16.5 Å². The van der Waals surface area contributed by atoms with Gasteiger partial charge in [-0.3, -0.25) is 0 Å². The number of phenolic OH excluding ortho intramolecular Hbond substituents is 2. The Morgan fingerprint density at radius 2 is 0.667 bits per heavy atom. The summed E-state index contributed by atoms with van der Waals surface area (Å²) in [5, 5.41) is 19.7. The van der Waals surface area contributed by atoms with E-state index < -0.39 is 40.5 Å². The van der Waals surface area contributed by atoms with Crippen LogP contribution in [-0.4, -0.2) is 10.2 Å². The molecule has 2 nitrogen and oxygen atoms in total. The number of halogens is 1. The topological polar surface area (TPSA) is 40.5 Å². The molecule has 4 unspecified atom stereocenters. The molecule has 0 bridgehead atoms. The van der Waals surface area contributed by atoms with Crippen LogP contribution in [-0.2, 0) is 62.2 Å². The van der Waals surface area contributed by atoms with Gasteiger partial charge in [-0.1, -0.05) is 107 Å². The predicted molar refractivity (Wildman–Crippen MR) is 348 cm³/mol. The van der Waals surface area contributed by atoms with E-state index in [2.05, 4.69) is 248 Å². The van der Waals surface area contributed by atoms with Crippen LogP contribution < -0.4 is 0 Å². The minimum atomic E-state index is -2.40. The number of aromatic hydroxyl groups is 2. The smallest absolute Gasteiger partial charge is 0.147 e. The maximum absolute atomic E-state index is 9.84. The Labute approximate surface area is 506 Å². The Morgan fingerprint density at radius 1 is 0.358 bits per heavy atom. The van der Waals surface area contributed by atoms with Gasteiger partial charge in [-0.2, -0.15) is 0 Å². The van der Waals surface area contributed by atoms with Crippen molar-refractivity contribution < 1.29 is 50.7 Å². The van der Waals surface area contributed by atoms with Crippen LogP contribution in [0.4, 0.5) is 0 Å². The first-order valence-electron chi connectivity index (χ1n) is 30.1. The fourth-order valence-corrected chi connectivity index (χ4v) is 50.8. The van der Waals surface area contributed by atoms with Crippen molar-refractivity contribution in [3.05, 3.63) is 221 Å². The van der Waals surface area contributed by atoms with Crippen molar-refractivity contribution in [3.63, 3.8) is 0 Å². The molecule has 0 radical (unpaired) electrons. The second kappa shape index (κ2) is 23.1. The Kier molecular flexibility index (Phi) is 17.9. The van der Waals surface area contributed by atoms with Crippen LogP contribution in [0.1, 0.15) is 214 Å². The van der Waals surface area contributed by atoms with Gasteiger partial charge in [0.2, 0.25) is 0 Å². The Hall–Kier alpha value is -4.06. The molecule has 2 aliphatic heterocycles. The second-order valence-electron chi connectivity index (χ2n) is 29.5. The van der Waals surface area contributed by atoms with Gasteiger partial charge in [0.15, 0.2) is 0 Å².